The first-order chi connectivity index (χ1) is 21.8. The predicted molar refractivity (Wildman–Crippen MR) is 190 cm³/mol. The minimum atomic E-state index is 0.935. The van der Waals surface area contributed by atoms with Crippen molar-refractivity contribution in [3.63, 3.8) is 0 Å². The maximum absolute atomic E-state index is 6.97. The molecular formula is C42H24OS. The lowest BCUT2D eigenvalue weighted by Gasteiger charge is -2.10. The number of rotatable bonds is 2. The number of fused-ring (bicyclic) bond motifs is 13. The van der Waals surface area contributed by atoms with E-state index < -0.39 is 0 Å². The normalized spacial score (nSPS) is 12.1. The van der Waals surface area contributed by atoms with E-state index in [-0.39, 0.29) is 0 Å². The van der Waals surface area contributed by atoms with Gasteiger partial charge in [0.15, 0.2) is 0 Å². The van der Waals surface area contributed by atoms with E-state index in [9.17, 15) is 0 Å². The second kappa shape index (κ2) is 9.03. The highest BCUT2D eigenvalue weighted by Gasteiger charge is 2.18. The van der Waals surface area contributed by atoms with Crippen LogP contribution in [-0.2, 0) is 0 Å². The molecule has 0 aliphatic rings. The van der Waals surface area contributed by atoms with Crippen molar-refractivity contribution < 1.29 is 4.42 Å². The third-order valence-corrected chi connectivity index (χ3v) is 10.5. The maximum atomic E-state index is 6.97. The Bertz CT molecular complexity index is 2740. The van der Waals surface area contributed by atoms with E-state index in [2.05, 4.69) is 146 Å². The summed E-state index contributed by atoms with van der Waals surface area (Å²) in [6, 6.07) is 52.8. The van der Waals surface area contributed by atoms with Crippen molar-refractivity contribution in [2.45, 2.75) is 0 Å². The van der Waals surface area contributed by atoms with Gasteiger partial charge in [-0.3, -0.25) is 0 Å². The fourth-order valence-corrected chi connectivity index (χ4v) is 8.54. The van der Waals surface area contributed by atoms with Crippen LogP contribution in [-0.4, -0.2) is 0 Å². The van der Waals surface area contributed by atoms with Crippen molar-refractivity contribution in [3.05, 3.63) is 146 Å². The third kappa shape index (κ3) is 3.29. The van der Waals surface area contributed by atoms with Crippen LogP contribution in [0.2, 0.25) is 0 Å². The van der Waals surface area contributed by atoms with Crippen LogP contribution in [0.1, 0.15) is 0 Å². The Kier molecular flexibility index (Phi) is 4.94. The Labute approximate surface area is 257 Å². The van der Waals surface area contributed by atoms with Crippen molar-refractivity contribution in [2.75, 3.05) is 0 Å². The lowest BCUT2D eigenvalue weighted by atomic mass is 9.93. The smallest absolute Gasteiger partial charge is 0.143 e. The van der Waals surface area contributed by atoms with Gasteiger partial charge in [-0.15, -0.1) is 11.3 Å². The first-order valence-electron chi connectivity index (χ1n) is 15.0. The first kappa shape index (κ1) is 24.0. The largest absolute Gasteiger partial charge is 0.455 e. The van der Waals surface area contributed by atoms with E-state index in [1.54, 1.807) is 0 Å². The van der Waals surface area contributed by atoms with Crippen molar-refractivity contribution in [1.29, 1.82) is 0 Å². The summed E-state index contributed by atoms with van der Waals surface area (Å²) in [4.78, 5) is 0. The molecular weight excluding hydrogens is 553 g/mol. The van der Waals surface area contributed by atoms with Gasteiger partial charge in [0, 0.05) is 41.9 Å². The molecule has 0 saturated carbocycles. The molecule has 0 aliphatic carbocycles. The number of thiophene rings is 1. The summed E-state index contributed by atoms with van der Waals surface area (Å²) < 4.78 is 9.62. The quantitative estimate of drug-likeness (QED) is 0.187. The zero-order valence-electron chi connectivity index (χ0n) is 23.7. The molecule has 0 radical (unpaired) electrons. The maximum Gasteiger partial charge on any atom is 0.143 e. The van der Waals surface area contributed by atoms with E-state index in [0.717, 1.165) is 33.1 Å². The zero-order chi connectivity index (χ0) is 28.8. The fourth-order valence-electron chi connectivity index (χ4n) is 7.30. The van der Waals surface area contributed by atoms with Crippen molar-refractivity contribution in [1.82, 2.24) is 0 Å². The second-order valence-corrected chi connectivity index (χ2v) is 12.7. The summed E-state index contributed by atoms with van der Waals surface area (Å²) in [6.07, 6.45) is 0. The molecule has 44 heavy (non-hydrogen) atoms. The molecule has 0 bridgehead atoms. The lowest BCUT2D eigenvalue weighted by Crippen LogP contribution is -1.83. The van der Waals surface area contributed by atoms with Crippen LogP contribution in [0, 0.1) is 0 Å². The van der Waals surface area contributed by atoms with Gasteiger partial charge in [-0.1, -0.05) is 127 Å². The summed E-state index contributed by atoms with van der Waals surface area (Å²) in [6.45, 7) is 0. The first-order valence-corrected chi connectivity index (χ1v) is 15.8. The summed E-state index contributed by atoms with van der Waals surface area (Å²) in [7, 11) is 0. The van der Waals surface area contributed by atoms with E-state index in [1.165, 1.54) is 63.6 Å². The van der Waals surface area contributed by atoms with Gasteiger partial charge in [0.05, 0.1) is 0 Å². The van der Waals surface area contributed by atoms with Gasteiger partial charge in [0.25, 0.3) is 0 Å². The van der Waals surface area contributed by atoms with Crippen LogP contribution >= 0.6 is 11.3 Å². The molecule has 0 fully saturated rings. The van der Waals surface area contributed by atoms with Gasteiger partial charge in [-0.05, 0) is 61.8 Å². The molecule has 8 aromatic carbocycles. The molecule has 0 amide bonds. The van der Waals surface area contributed by atoms with E-state index in [4.69, 9.17) is 4.42 Å². The Morgan fingerprint density at radius 3 is 1.68 bits per heavy atom. The molecule has 2 heterocycles. The minimum Gasteiger partial charge on any atom is -0.455 e. The number of benzene rings is 8. The molecule has 10 rings (SSSR count). The SMILES string of the molecule is c1cc(-c2cccc3c2oc2c3ccc3c4ccccc4c4ccccc4c32)cc(-c2cccc3c2sc2ccccc23)c1. The number of para-hydroxylation sites is 1. The molecule has 2 heteroatoms. The highest BCUT2D eigenvalue weighted by atomic mass is 32.1. The molecule has 1 nitrogen and oxygen atoms in total. The van der Waals surface area contributed by atoms with Crippen LogP contribution in [0.25, 0.3) is 96.7 Å². The Morgan fingerprint density at radius 1 is 0.364 bits per heavy atom. The Balaban J connectivity index is 1.23. The van der Waals surface area contributed by atoms with Gasteiger partial charge in [0.1, 0.15) is 11.2 Å². The highest BCUT2D eigenvalue weighted by molar-refractivity contribution is 7.26. The molecule has 204 valence electrons. The molecule has 0 saturated heterocycles. The fraction of sp³-hybridized carbons (Fsp3) is 0. The van der Waals surface area contributed by atoms with E-state index >= 15 is 0 Å². The van der Waals surface area contributed by atoms with Crippen molar-refractivity contribution in [3.8, 4) is 22.3 Å². The summed E-state index contributed by atoms with van der Waals surface area (Å²) in [5.41, 5.74) is 6.65. The monoisotopic (exact) mass is 576 g/mol. The predicted octanol–water partition coefficient (Wildman–Crippen LogP) is 12.7. The lowest BCUT2D eigenvalue weighted by molar-refractivity contribution is 0.674. The summed E-state index contributed by atoms with van der Waals surface area (Å²) in [5.74, 6) is 0. The number of hydrogen-bond donors (Lipinski definition) is 0. The standard InChI is InChI=1S/C42H24OS/c1-2-14-31-29(12-1)30-13-3-4-16-33(30)39-34(31)22-23-36-35-19-8-17-27(40(35)43-41(36)39)25-10-7-11-26(24-25)28-18-9-20-37-32-15-5-6-21-38(32)44-42(28)37/h1-24H. The topological polar surface area (TPSA) is 13.1 Å². The van der Waals surface area contributed by atoms with Crippen LogP contribution in [0.4, 0.5) is 0 Å². The molecule has 0 spiro atoms. The molecule has 10 aromatic rings. The third-order valence-electron chi connectivity index (χ3n) is 9.26. The van der Waals surface area contributed by atoms with Gasteiger partial charge in [0.2, 0.25) is 0 Å². The van der Waals surface area contributed by atoms with E-state index in [1.807, 2.05) is 11.3 Å². The summed E-state index contributed by atoms with van der Waals surface area (Å²) in [5, 5.41) is 12.4. The molecule has 0 unspecified atom stereocenters. The summed E-state index contributed by atoms with van der Waals surface area (Å²) >= 11 is 1.87. The highest BCUT2D eigenvalue weighted by Crippen LogP contribution is 2.45. The molecule has 0 aliphatic heterocycles. The average Bonchev–Trinajstić information content (AvgIpc) is 3.67. The van der Waals surface area contributed by atoms with E-state index in [0.29, 0.717) is 0 Å². The number of furan rings is 1. The number of hydrogen-bond acceptors (Lipinski definition) is 2. The molecule has 0 atom stereocenters. The average molecular weight is 577 g/mol. The molecule has 2 aromatic heterocycles. The Morgan fingerprint density at radius 2 is 0.886 bits per heavy atom. The van der Waals surface area contributed by atoms with Gasteiger partial charge in [-0.25, -0.2) is 0 Å². The minimum absolute atomic E-state index is 0.935. The van der Waals surface area contributed by atoms with Crippen LogP contribution in [0.3, 0.4) is 0 Å². The van der Waals surface area contributed by atoms with Crippen LogP contribution in [0.15, 0.2) is 150 Å². The van der Waals surface area contributed by atoms with Gasteiger partial charge >= 0.3 is 0 Å². The second-order valence-electron chi connectivity index (χ2n) is 11.6. The van der Waals surface area contributed by atoms with Crippen LogP contribution < -0.4 is 0 Å². The van der Waals surface area contributed by atoms with Crippen molar-refractivity contribution >= 4 is 85.8 Å². The molecule has 0 N–H and O–H groups in total. The van der Waals surface area contributed by atoms with Gasteiger partial charge in [-0.2, -0.15) is 0 Å². The zero-order valence-corrected chi connectivity index (χ0v) is 24.5. The van der Waals surface area contributed by atoms with Crippen molar-refractivity contribution in [2.24, 2.45) is 0 Å². The van der Waals surface area contributed by atoms with Crippen LogP contribution in [0.5, 0.6) is 0 Å². The van der Waals surface area contributed by atoms with Gasteiger partial charge < -0.3 is 4.42 Å². The Hall–Kier alpha value is -5.44.